The second-order valence-electron chi connectivity index (χ2n) is 5.17. The lowest BCUT2D eigenvalue weighted by Gasteiger charge is -2.18. The number of para-hydroxylation sites is 1. The van der Waals surface area contributed by atoms with Crippen LogP contribution in [0.4, 0.5) is 17.1 Å². The number of rotatable bonds is 5. The van der Waals surface area contributed by atoms with E-state index >= 15 is 0 Å². The molecule has 6 nitrogen and oxygen atoms in total. The topological polar surface area (TPSA) is 75.5 Å². The molecule has 0 saturated heterocycles. The molecule has 1 N–H and O–H groups in total. The summed E-state index contributed by atoms with van der Waals surface area (Å²) in [5.74, 6) is -0.343. The van der Waals surface area contributed by atoms with Crippen LogP contribution in [-0.4, -0.2) is 24.9 Å². The lowest BCUT2D eigenvalue weighted by Crippen LogP contribution is -2.18. The maximum Gasteiger partial charge on any atom is 0.273 e. The predicted octanol–water partition coefficient (Wildman–Crippen LogP) is 3.50. The maximum atomic E-state index is 12.2. The van der Waals surface area contributed by atoms with E-state index in [-0.39, 0.29) is 18.0 Å². The Hall–Kier alpha value is -2.60. The first-order valence-corrected chi connectivity index (χ1v) is 7.25. The molecule has 0 spiro atoms. The van der Waals surface area contributed by atoms with Gasteiger partial charge in [-0.2, -0.15) is 0 Å². The highest BCUT2D eigenvalue weighted by molar-refractivity contribution is 6.31. The Labute approximate surface area is 138 Å². The number of nitro benzene ring substituents is 1. The van der Waals surface area contributed by atoms with Crippen LogP contribution in [0.5, 0.6) is 0 Å². The van der Waals surface area contributed by atoms with Gasteiger partial charge in [0.15, 0.2) is 0 Å². The summed E-state index contributed by atoms with van der Waals surface area (Å²) in [6.45, 7) is 0. The molecule has 120 valence electrons. The molecule has 7 heteroatoms. The fourth-order valence-electron chi connectivity index (χ4n) is 2.20. The van der Waals surface area contributed by atoms with E-state index in [0.29, 0.717) is 16.3 Å². The van der Waals surface area contributed by atoms with Gasteiger partial charge in [-0.3, -0.25) is 14.9 Å². The third-order valence-electron chi connectivity index (χ3n) is 3.25. The molecule has 0 radical (unpaired) electrons. The van der Waals surface area contributed by atoms with Crippen LogP contribution in [0.1, 0.15) is 5.56 Å². The fraction of sp³-hybridized carbons (Fsp3) is 0.188. The molecule has 0 atom stereocenters. The fourth-order valence-corrected chi connectivity index (χ4v) is 2.38. The summed E-state index contributed by atoms with van der Waals surface area (Å²) in [6.07, 6.45) is -0.0868. The van der Waals surface area contributed by atoms with Gasteiger partial charge < -0.3 is 10.2 Å². The zero-order chi connectivity index (χ0) is 17.0. The lowest BCUT2D eigenvalue weighted by atomic mass is 10.1. The Kier molecular flexibility index (Phi) is 5.18. The molecule has 0 unspecified atom stereocenters. The van der Waals surface area contributed by atoms with Crippen LogP contribution in [0.2, 0.25) is 5.02 Å². The minimum atomic E-state index is -0.493. The first-order chi connectivity index (χ1) is 10.9. The van der Waals surface area contributed by atoms with Crippen molar-refractivity contribution in [3.8, 4) is 0 Å². The van der Waals surface area contributed by atoms with Crippen molar-refractivity contribution in [3.63, 3.8) is 0 Å². The van der Waals surface area contributed by atoms with E-state index in [4.69, 9.17) is 11.6 Å². The zero-order valence-electron chi connectivity index (χ0n) is 12.7. The average Bonchev–Trinajstić information content (AvgIpc) is 2.47. The summed E-state index contributed by atoms with van der Waals surface area (Å²) in [5.41, 5.74) is 1.65. The molecule has 0 aliphatic carbocycles. The summed E-state index contributed by atoms with van der Waals surface area (Å²) >= 11 is 5.97. The smallest absolute Gasteiger partial charge is 0.273 e. The molecule has 0 aromatic heterocycles. The highest BCUT2D eigenvalue weighted by atomic mass is 35.5. The summed E-state index contributed by atoms with van der Waals surface area (Å²) < 4.78 is 0. The standard InChI is InChI=1S/C16H16ClN3O3/c1-19(2)15-8-7-12(17)10-13(15)18-16(21)9-11-5-3-4-6-14(11)20(22)23/h3-8,10H,9H2,1-2H3,(H,18,21). The van der Waals surface area contributed by atoms with Crippen LogP contribution in [0.15, 0.2) is 42.5 Å². The minimum absolute atomic E-state index is 0.0680. The Morgan fingerprint density at radius 3 is 2.61 bits per heavy atom. The van der Waals surface area contributed by atoms with Crippen molar-refractivity contribution in [1.82, 2.24) is 0 Å². The number of hydrogen-bond acceptors (Lipinski definition) is 4. The summed E-state index contributed by atoms with van der Waals surface area (Å²) in [6, 6.07) is 11.4. The van der Waals surface area contributed by atoms with Gasteiger partial charge in [-0.25, -0.2) is 0 Å². The largest absolute Gasteiger partial charge is 0.376 e. The van der Waals surface area contributed by atoms with Crippen molar-refractivity contribution in [2.45, 2.75) is 6.42 Å². The molecular formula is C16H16ClN3O3. The normalized spacial score (nSPS) is 10.2. The minimum Gasteiger partial charge on any atom is -0.376 e. The number of hydrogen-bond donors (Lipinski definition) is 1. The van der Waals surface area contributed by atoms with Crippen LogP contribution in [-0.2, 0) is 11.2 Å². The quantitative estimate of drug-likeness (QED) is 0.671. The van der Waals surface area contributed by atoms with Crippen molar-refractivity contribution in [3.05, 3.63) is 63.2 Å². The predicted molar refractivity (Wildman–Crippen MR) is 91.2 cm³/mol. The van der Waals surface area contributed by atoms with Crippen molar-refractivity contribution in [2.75, 3.05) is 24.3 Å². The molecule has 23 heavy (non-hydrogen) atoms. The molecule has 0 aliphatic rings. The molecule has 0 saturated carbocycles. The van der Waals surface area contributed by atoms with E-state index in [1.54, 1.807) is 36.4 Å². The third kappa shape index (κ3) is 4.20. The number of benzene rings is 2. The van der Waals surface area contributed by atoms with Gasteiger partial charge in [0.05, 0.1) is 22.7 Å². The number of amides is 1. The molecule has 2 rings (SSSR count). The number of nitro groups is 1. The highest BCUT2D eigenvalue weighted by Crippen LogP contribution is 2.28. The Balaban J connectivity index is 2.21. The Morgan fingerprint density at radius 1 is 1.26 bits per heavy atom. The van der Waals surface area contributed by atoms with Gasteiger partial charge in [-0.1, -0.05) is 29.8 Å². The van der Waals surface area contributed by atoms with Crippen LogP contribution in [0, 0.1) is 10.1 Å². The number of nitrogens with one attached hydrogen (secondary N) is 1. The van der Waals surface area contributed by atoms with Gasteiger partial charge in [0.1, 0.15) is 0 Å². The molecule has 0 aliphatic heterocycles. The number of carbonyl (C=O) groups is 1. The van der Waals surface area contributed by atoms with Crippen molar-refractivity contribution >= 4 is 34.6 Å². The van der Waals surface area contributed by atoms with Crippen LogP contribution < -0.4 is 10.2 Å². The average molecular weight is 334 g/mol. The van der Waals surface area contributed by atoms with Crippen molar-refractivity contribution < 1.29 is 9.72 Å². The number of halogens is 1. The zero-order valence-corrected chi connectivity index (χ0v) is 13.5. The van der Waals surface area contributed by atoms with Gasteiger partial charge in [0.25, 0.3) is 5.69 Å². The van der Waals surface area contributed by atoms with Crippen molar-refractivity contribution in [1.29, 1.82) is 0 Å². The molecule has 2 aromatic carbocycles. The lowest BCUT2D eigenvalue weighted by molar-refractivity contribution is -0.385. The molecular weight excluding hydrogens is 318 g/mol. The van der Waals surface area contributed by atoms with Gasteiger partial charge in [0, 0.05) is 30.7 Å². The summed E-state index contributed by atoms with van der Waals surface area (Å²) in [5, 5.41) is 14.3. The van der Waals surface area contributed by atoms with E-state index < -0.39 is 4.92 Å². The van der Waals surface area contributed by atoms with Crippen molar-refractivity contribution in [2.24, 2.45) is 0 Å². The summed E-state index contributed by atoms with van der Waals surface area (Å²) in [4.78, 5) is 24.6. The molecule has 0 fully saturated rings. The number of anilines is 2. The van der Waals surface area contributed by atoms with Gasteiger partial charge in [0.2, 0.25) is 5.91 Å². The van der Waals surface area contributed by atoms with Crippen LogP contribution in [0.3, 0.4) is 0 Å². The van der Waals surface area contributed by atoms with E-state index in [9.17, 15) is 14.9 Å². The molecule has 0 heterocycles. The van der Waals surface area contributed by atoms with Crippen LogP contribution in [0.25, 0.3) is 0 Å². The number of carbonyl (C=O) groups excluding carboxylic acids is 1. The van der Waals surface area contributed by atoms with E-state index in [0.717, 1.165) is 5.69 Å². The Bertz CT molecular complexity index is 747. The first kappa shape index (κ1) is 16.8. The number of nitrogens with zero attached hydrogens (tertiary/aromatic N) is 2. The van der Waals surface area contributed by atoms with Gasteiger partial charge >= 0.3 is 0 Å². The van der Waals surface area contributed by atoms with E-state index in [2.05, 4.69) is 5.32 Å². The second kappa shape index (κ2) is 7.11. The SMILES string of the molecule is CN(C)c1ccc(Cl)cc1NC(=O)Cc1ccccc1[N+](=O)[O-]. The highest BCUT2D eigenvalue weighted by Gasteiger charge is 2.16. The van der Waals surface area contributed by atoms with Crippen LogP contribution >= 0.6 is 11.6 Å². The maximum absolute atomic E-state index is 12.2. The Morgan fingerprint density at radius 2 is 1.96 bits per heavy atom. The summed E-state index contributed by atoms with van der Waals surface area (Å²) in [7, 11) is 3.70. The molecule has 1 amide bonds. The van der Waals surface area contributed by atoms with Gasteiger partial charge in [-0.05, 0) is 18.2 Å². The first-order valence-electron chi connectivity index (χ1n) is 6.87. The van der Waals surface area contributed by atoms with Gasteiger partial charge in [-0.15, -0.1) is 0 Å². The third-order valence-corrected chi connectivity index (χ3v) is 3.49. The van der Waals surface area contributed by atoms with E-state index in [1.807, 2.05) is 19.0 Å². The molecule has 2 aromatic rings. The second-order valence-corrected chi connectivity index (χ2v) is 5.60. The van der Waals surface area contributed by atoms with E-state index in [1.165, 1.54) is 6.07 Å². The monoisotopic (exact) mass is 333 g/mol. The molecule has 0 bridgehead atoms.